The molecular formula is C20H32. The minimum absolute atomic E-state index is 0.418. The van der Waals surface area contributed by atoms with E-state index in [4.69, 9.17) is 0 Å². The molecule has 0 heterocycles. The maximum Gasteiger partial charge on any atom is 0.00340 e. The zero-order valence-electron chi connectivity index (χ0n) is 14.1. The van der Waals surface area contributed by atoms with Gasteiger partial charge >= 0.3 is 0 Å². The molecule has 0 unspecified atom stereocenters. The first-order chi connectivity index (χ1) is 9.31. The van der Waals surface area contributed by atoms with Gasteiger partial charge in [0.1, 0.15) is 0 Å². The van der Waals surface area contributed by atoms with Gasteiger partial charge in [0.05, 0.1) is 0 Å². The summed E-state index contributed by atoms with van der Waals surface area (Å²) in [5, 5.41) is 0. The highest BCUT2D eigenvalue weighted by Gasteiger charge is 2.51. The van der Waals surface area contributed by atoms with Gasteiger partial charge < -0.3 is 0 Å². The zero-order chi connectivity index (χ0) is 15.0. The molecule has 0 saturated heterocycles. The Hall–Kier alpha value is -0.780. The second-order valence-electron chi connectivity index (χ2n) is 7.97. The monoisotopic (exact) mass is 272 g/mol. The Bertz CT molecular complexity index is 435. The number of fused-ring (bicyclic) bond motifs is 1. The first-order valence-corrected chi connectivity index (χ1v) is 8.30. The van der Waals surface area contributed by atoms with Crippen molar-refractivity contribution in [3.8, 4) is 0 Å². The first-order valence-electron chi connectivity index (χ1n) is 8.30. The predicted molar refractivity (Wildman–Crippen MR) is 89.7 cm³/mol. The molecule has 2 fully saturated rings. The lowest BCUT2D eigenvalue weighted by Gasteiger charge is -2.57. The molecule has 2 rings (SSSR count). The Morgan fingerprint density at radius 3 is 2.60 bits per heavy atom. The van der Waals surface area contributed by atoms with Crippen molar-refractivity contribution in [2.45, 2.75) is 66.7 Å². The number of allylic oxidation sites excluding steroid dienone is 5. The van der Waals surface area contributed by atoms with Gasteiger partial charge in [0, 0.05) is 5.92 Å². The Labute approximate surface area is 126 Å². The van der Waals surface area contributed by atoms with Crippen molar-refractivity contribution in [1.29, 1.82) is 0 Å². The van der Waals surface area contributed by atoms with Crippen LogP contribution in [0.3, 0.4) is 0 Å². The predicted octanol–water partition coefficient (Wildman–Crippen LogP) is 6.31. The maximum absolute atomic E-state index is 4.41. The Morgan fingerprint density at radius 2 is 1.95 bits per heavy atom. The fourth-order valence-electron chi connectivity index (χ4n) is 4.91. The average molecular weight is 272 g/mol. The molecule has 2 aliphatic rings. The highest BCUT2D eigenvalue weighted by molar-refractivity contribution is 5.25. The fraction of sp³-hybridized carbons (Fsp3) is 0.700. The van der Waals surface area contributed by atoms with E-state index in [0.717, 1.165) is 5.92 Å². The van der Waals surface area contributed by atoms with Gasteiger partial charge in [-0.25, -0.2) is 0 Å². The van der Waals surface area contributed by atoms with Crippen LogP contribution in [0.15, 0.2) is 36.0 Å². The van der Waals surface area contributed by atoms with Crippen LogP contribution in [-0.4, -0.2) is 0 Å². The van der Waals surface area contributed by atoms with E-state index in [2.05, 4.69) is 59.4 Å². The molecule has 20 heavy (non-hydrogen) atoms. The van der Waals surface area contributed by atoms with Gasteiger partial charge in [-0.2, -0.15) is 0 Å². The number of rotatable bonds is 2. The van der Waals surface area contributed by atoms with Crippen molar-refractivity contribution in [3.05, 3.63) is 36.0 Å². The molecule has 0 radical (unpaired) electrons. The molecule has 0 aromatic rings. The lowest BCUT2D eigenvalue weighted by atomic mass is 9.47. The van der Waals surface area contributed by atoms with E-state index in [9.17, 15) is 0 Å². The second kappa shape index (κ2) is 5.54. The summed E-state index contributed by atoms with van der Waals surface area (Å²) in [6, 6.07) is 0. The summed E-state index contributed by atoms with van der Waals surface area (Å²) in [4.78, 5) is 0. The normalized spacial score (nSPS) is 38.0. The van der Waals surface area contributed by atoms with Crippen molar-refractivity contribution < 1.29 is 0 Å². The Balaban J connectivity index is 2.33. The van der Waals surface area contributed by atoms with Crippen LogP contribution >= 0.6 is 0 Å². The van der Waals surface area contributed by atoms with Crippen LogP contribution in [0.1, 0.15) is 66.7 Å². The van der Waals surface area contributed by atoms with Crippen LogP contribution in [0.5, 0.6) is 0 Å². The summed E-state index contributed by atoms with van der Waals surface area (Å²) in [7, 11) is 0. The van der Waals surface area contributed by atoms with E-state index in [1.807, 2.05) is 0 Å². The number of hydrogen-bond donors (Lipinski definition) is 0. The van der Waals surface area contributed by atoms with E-state index in [-0.39, 0.29) is 0 Å². The van der Waals surface area contributed by atoms with E-state index >= 15 is 0 Å². The minimum Gasteiger partial charge on any atom is -0.0992 e. The van der Waals surface area contributed by atoms with Crippen LogP contribution < -0.4 is 0 Å². The molecule has 2 aliphatic carbocycles. The van der Waals surface area contributed by atoms with E-state index in [1.165, 1.54) is 43.3 Å². The topological polar surface area (TPSA) is 0 Å². The molecule has 0 spiro atoms. The summed E-state index contributed by atoms with van der Waals surface area (Å²) in [6.07, 6.45) is 13.6. The highest BCUT2D eigenvalue weighted by atomic mass is 14.6. The molecule has 0 amide bonds. The third-order valence-electron chi connectivity index (χ3n) is 6.19. The molecule has 0 aromatic heterocycles. The lowest BCUT2D eigenvalue weighted by Crippen LogP contribution is -2.48. The van der Waals surface area contributed by atoms with E-state index < -0.39 is 0 Å². The van der Waals surface area contributed by atoms with Gasteiger partial charge in [0.15, 0.2) is 0 Å². The summed E-state index contributed by atoms with van der Waals surface area (Å²) in [6.45, 7) is 16.2. The third kappa shape index (κ3) is 2.67. The smallest absolute Gasteiger partial charge is 0.00340 e. The van der Waals surface area contributed by atoms with Crippen LogP contribution in [0.25, 0.3) is 0 Å². The Kier molecular flexibility index (Phi) is 4.33. The fourth-order valence-corrected chi connectivity index (χ4v) is 4.91. The van der Waals surface area contributed by atoms with E-state index in [0.29, 0.717) is 16.7 Å². The van der Waals surface area contributed by atoms with Crippen LogP contribution in [0.4, 0.5) is 0 Å². The van der Waals surface area contributed by atoms with Gasteiger partial charge in [-0.3, -0.25) is 0 Å². The Morgan fingerprint density at radius 1 is 1.25 bits per heavy atom. The van der Waals surface area contributed by atoms with Gasteiger partial charge in [-0.1, -0.05) is 63.1 Å². The van der Waals surface area contributed by atoms with Crippen molar-refractivity contribution >= 4 is 0 Å². The quantitative estimate of drug-likeness (QED) is 0.408. The van der Waals surface area contributed by atoms with Gasteiger partial charge in [0.2, 0.25) is 0 Å². The SMILES string of the molecule is C=C1CC[C@H]2C(C)(C)CCC[C@]2(C)[C@H]1/C=C/C(C)=C\C. The largest absolute Gasteiger partial charge is 0.0992 e. The van der Waals surface area contributed by atoms with Crippen LogP contribution in [0, 0.1) is 22.7 Å². The molecule has 0 N–H and O–H groups in total. The molecule has 0 heteroatoms. The second-order valence-corrected chi connectivity index (χ2v) is 7.97. The molecule has 112 valence electrons. The van der Waals surface area contributed by atoms with Crippen LogP contribution in [-0.2, 0) is 0 Å². The zero-order valence-corrected chi connectivity index (χ0v) is 14.1. The standard InChI is InChI=1S/C20H32/c1-7-15(2)9-11-17-16(3)10-12-18-19(4,5)13-8-14-20(17,18)6/h7,9,11,17-18H,3,8,10,12-14H2,1-2,4-6H3/b11-9+,15-7-/t17-,18-,20+/m0/s1. The van der Waals surface area contributed by atoms with Crippen LogP contribution in [0.2, 0.25) is 0 Å². The molecule has 0 aromatic carbocycles. The summed E-state index contributed by atoms with van der Waals surface area (Å²) in [5.74, 6) is 1.41. The van der Waals surface area contributed by atoms with Gasteiger partial charge in [0.25, 0.3) is 0 Å². The molecule has 3 atom stereocenters. The third-order valence-corrected chi connectivity index (χ3v) is 6.19. The molecular weight excluding hydrogens is 240 g/mol. The van der Waals surface area contributed by atoms with E-state index in [1.54, 1.807) is 0 Å². The van der Waals surface area contributed by atoms with Crippen molar-refractivity contribution in [3.63, 3.8) is 0 Å². The van der Waals surface area contributed by atoms with Gasteiger partial charge in [-0.05, 0) is 56.3 Å². The first kappa shape index (κ1) is 15.6. The lowest BCUT2D eigenvalue weighted by molar-refractivity contribution is -0.0391. The average Bonchev–Trinajstić information content (AvgIpc) is 2.36. The minimum atomic E-state index is 0.418. The molecule has 0 aliphatic heterocycles. The van der Waals surface area contributed by atoms with Gasteiger partial charge in [-0.15, -0.1) is 0 Å². The molecule has 0 bridgehead atoms. The number of hydrogen-bond acceptors (Lipinski definition) is 0. The molecule has 2 saturated carbocycles. The maximum atomic E-state index is 4.41. The van der Waals surface area contributed by atoms with Crippen molar-refractivity contribution in [2.75, 3.05) is 0 Å². The van der Waals surface area contributed by atoms with Crippen molar-refractivity contribution in [2.24, 2.45) is 22.7 Å². The highest BCUT2D eigenvalue weighted by Crippen LogP contribution is 2.61. The summed E-state index contributed by atoms with van der Waals surface area (Å²) >= 11 is 0. The van der Waals surface area contributed by atoms with Crippen molar-refractivity contribution in [1.82, 2.24) is 0 Å². The summed E-state index contributed by atoms with van der Waals surface area (Å²) in [5.41, 5.74) is 3.73. The summed E-state index contributed by atoms with van der Waals surface area (Å²) < 4.78 is 0. The molecule has 0 nitrogen and oxygen atoms in total.